The molecule has 2 saturated heterocycles. The molecule has 2 fully saturated rings. The average Bonchev–Trinajstić information content (AvgIpc) is 2.87. The van der Waals surface area contributed by atoms with E-state index in [1.54, 1.807) is 0 Å². The second kappa shape index (κ2) is 3.30. The first-order valence-electron chi connectivity index (χ1n) is 5.25. The molecule has 2 aliphatic rings. The van der Waals surface area contributed by atoms with Crippen molar-refractivity contribution in [2.75, 3.05) is 13.2 Å². The van der Waals surface area contributed by atoms with Gasteiger partial charge < -0.3 is 9.47 Å². The van der Waals surface area contributed by atoms with Gasteiger partial charge in [0.1, 0.15) is 0 Å². The van der Waals surface area contributed by atoms with Crippen LogP contribution in [0.2, 0.25) is 0 Å². The molecular weight excluding hydrogens is 260 g/mol. The first-order chi connectivity index (χ1) is 7.28. The Morgan fingerprint density at radius 3 is 3.33 bits per heavy atom. The summed E-state index contributed by atoms with van der Waals surface area (Å²) < 4.78 is 14.3. The van der Waals surface area contributed by atoms with E-state index >= 15 is 0 Å². The molecule has 4 nitrogen and oxygen atoms in total. The van der Waals surface area contributed by atoms with E-state index < -0.39 is 0 Å². The normalized spacial score (nSPS) is 33.9. The highest BCUT2D eigenvalue weighted by Gasteiger charge is 2.62. The molecule has 0 saturated carbocycles. The van der Waals surface area contributed by atoms with E-state index in [-0.39, 0.29) is 5.60 Å². The summed E-state index contributed by atoms with van der Waals surface area (Å²) in [6.45, 7) is 4.41. The minimum atomic E-state index is -0.219. The van der Waals surface area contributed by atoms with Crippen LogP contribution in [0.15, 0.2) is 10.7 Å². The maximum Gasteiger partial charge on any atom is 0.160 e. The van der Waals surface area contributed by atoms with Crippen LogP contribution in [0, 0.1) is 0 Å². The Kier molecular flexibility index (Phi) is 2.16. The third-order valence-electron chi connectivity index (χ3n) is 3.15. The van der Waals surface area contributed by atoms with Crippen molar-refractivity contribution in [3.63, 3.8) is 0 Å². The van der Waals surface area contributed by atoms with Crippen molar-refractivity contribution in [3.05, 3.63) is 16.4 Å². The van der Waals surface area contributed by atoms with Crippen LogP contribution in [0.4, 0.5) is 0 Å². The van der Waals surface area contributed by atoms with Crippen LogP contribution < -0.4 is 0 Å². The van der Waals surface area contributed by atoms with Crippen LogP contribution in [-0.2, 0) is 21.6 Å². The largest absolute Gasteiger partial charge is 0.378 e. The molecule has 0 bridgehead atoms. The third-order valence-corrected chi connectivity index (χ3v) is 3.73. The van der Waals surface area contributed by atoms with E-state index in [1.165, 1.54) is 0 Å². The fourth-order valence-corrected chi connectivity index (χ4v) is 2.98. The number of ether oxygens (including phenoxy) is 2. The topological polar surface area (TPSA) is 39.6 Å². The molecule has 82 valence electrons. The minimum Gasteiger partial charge on any atom is -0.378 e. The predicted octanol–water partition coefficient (Wildman–Crippen LogP) is 1.68. The van der Waals surface area contributed by atoms with E-state index in [0.717, 1.165) is 29.7 Å². The Morgan fingerprint density at radius 1 is 1.73 bits per heavy atom. The number of halogens is 1. The molecule has 0 amide bonds. The lowest BCUT2D eigenvalue weighted by Crippen LogP contribution is -2.29. The van der Waals surface area contributed by atoms with Crippen LogP contribution >= 0.6 is 15.9 Å². The Balaban J connectivity index is 2.01. The molecule has 0 aliphatic carbocycles. The summed E-state index contributed by atoms with van der Waals surface area (Å²) in [4.78, 5) is 0. The van der Waals surface area contributed by atoms with E-state index in [4.69, 9.17) is 9.47 Å². The zero-order valence-electron chi connectivity index (χ0n) is 8.57. The maximum absolute atomic E-state index is 5.82. The highest BCUT2D eigenvalue weighted by Crippen LogP contribution is 2.52. The highest BCUT2D eigenvalue weighted by molar-refractivity contribution is 9.10. The Hall–Kier alpha value is -0.390. The molecular formula is C10H13BrN2O2. The number of hydrogen-bond donors (Lipinski definition) is 0. The van der Waals surface area contributed by atoms with Crippen LogP contribution in [0.25, 0.3) is 0 Å². The maximum atomic E-state index is 5.82. The summed E-state index contributed by atoms with van der Waals surface area (Å²) in [5, 5.41) is 4.32. The van der Waals surface area contributed by atoms with Gasteiger partial charge in [-0.05, 0) is 22.9 Å². The van der Waals surface area contributed by atoms with Gasteiger partial charge in [-0.1, -0.05) is 0 Å². The minimum absolute atomic E-state index is 0.219. The van der Waals surface area contributed by atoms with Gasteiger partial charge in [-0.3, -0.25) is 4.68 Å². The van der Waals surface area contributed by atoms with Crippen molar-refractivity contribution in [1.29, 1.82) is 0 Å². The SMILES string of the molecule is CCn1ncc(Br)c1C12COCCC1O2. The zero-order valence-corrected chi connectivity index (χ0v) is 10.2. The lowest BCUT2D eigenvalue weighted by atomic mass is 9.98. The van der Waals surface area contributed by atoms with Gasteiger partial charge in [0.15, 0.2) is 5.60 Å². The number of rotatable bonds is 2. The molecule has 0 radical (unpaired) electrons. The van der Waals surface area contributed by atoms with Crippen LogP contribution in [0.1, 0.15) is 19.0 Å². The van der Waals surface area contributed by atoms with E-state index in [2.05, 4.69) is 28.0 Å². The molecule has 1 aromatic heterocycles. The Morgan fingerprint density at radius 2 is 2.60 bits per heavy atom. The van der Waals surface area contributed by atoms with Crippen LogP contribution in [-0.4, -0.2) is 29.1 Å². The first kappa shape index (κ1) is 9.81. The Labute approximate surface area is 96.7 Å². The van der Waals surface area contributed by atoms with Gasteiger partial charge in [0.25, 0.3) is 0 Å². The number of aromatic nitrogens is 2. The van der Waals surface area contributed by atoms with Gasteiger partial charge in [-0.25, -0.2) is 0 Å². The van der Waals surface area contributed by atoms with Crippen molar-refractivity contribution in [2.24, 2.45) is 0 Å². The van der Waals surface area contributed by atoms with Crippen molar-refractivity contribution in [3.8, 4) is 0 Å². The molecule has 0 spiro atoms. The Bertz CT molecular complexity index is 393. The summed E-state index contributed by atoms with van der Waals surface area (Å²) in [5.74, 6) is 0. The standard InChI is InChI=1S/C10H13BrN2O2/c1-2-13-9(7(11)5-12-13)10-6-14-4-3-8(10)15-10/h5,8H,2-4,6H2,1H3. The number of aryl methyl sites for hydroxylation is 1. The van der Waals surface area contributed by atoms with E-state index in [0.29, 0.717) is 12.7 Å². The second-order valence-corrected chi connectivity index (χ2v) is 4.85. The molecule has 1 aromatic rings. The summed E-state index contributed by atoms with van der Waals surface area (Å²) in [6, 6.07) is 0. The molecule has 3 rings (SSSR count). The highest BCUT2D eigenvalue weighted by atomic mass is 79.9. The molecule has 3 heterocycles. The molecule has 0 N–H and O–H groups in total. The van der Waals surface area contributed by atoms with Gasteiger partial charge in [0.2, 0.25) is 0 Å². The third kappa shape index (κ3) is 1.30. The number of fused-ring (bicyclic) bond motifs is 1. The average molecular weight is 273 g/mol. The molecule has 2 aliphatic heterocycles. The molecule has 2 unspecified atom stereocenters. The number of nitrogens with zero attached hydrogens (tertiary/aromatic N) is 2. The summed E-state index contributed by atoms with van der Waals surface area (Å²) in [7, 11) is 0. The second-order valence-electron chi connectivity index (χ2n) is 3.99. The molecule has 5 heteroatoms. The fourth-order valence-electron chi connectivity index (χ4n) is 2.35. The van der Waals surface area contributed by atoms with E-state index in [1.807, 2.05) is 10.9 Å². The summed E-state index contributed by atoms with van der Waals surface area (Å²) in [5.41, 5.74) is 0.915. The van der Waals surface area contributed by atoms with Gasteiger partial charge in [0, 0.05) is 19.6 Å². The van der Waals surface area contributed by atoms with Gasteiger partial charge in [-0.15, -0.1) is 0 Å². The summed E-state index contributed by atoms with van der Waals surface area (Å²) in [6.07, 6.45) is 3.15. The van der Waals surface area contributed by atoms with Crippen molar-refractivity contribution in [2.45, 2.75) is 31.6 Å². The fraction of sp³-hybridized carbons (Fsp3) is 0.700. The number of epoxide rings is 1. The first-order valence-corrected chi connectivity index (χ1v) is 6.04. The van der Waals surface area contributed by atoms with Crippen molar-refractivity contribution >= 4 is 15.9 Å². The number of hydrogen-bond acceptors (Lipinski definition) is 3. The molecule has 0 aromatic carbocycles. The van der Waals surface area contributed by atoms with Crippen LogP contribution in [0.5, 0.6) is 0 Å². The predicted molar refractivity (Wildman–Crippen MR) is 57.6 cm³/mol. The summed E-state index contributed by atoms with van der Waals surface area (Å²) >= 11 is 3.54. The lowest BCUT2D eigenvalue weighted by Gasteiger charge is -2.19. The van der Waals surface area contributed by atoms with Crippen molar-refractivity contribution in [1.82, 2.24) is 9.78 Å². The monoisotopic (exact) mass is 272 g/mol. The van der Waals surface area contributed by atoms with Gasteiger partial charge >= 0.3 is 0 Å². The molecule has 15 heavy (non-hydrogen) atoms. The quantitative estimate of drug-likeness (QED) is 0.770. The smallest absolute Gasteiger partial charge is 0.160 e. The zero-order chi connectivity index (χ0) is 10.5. The van der Waals surface area contributed by atoms with Gasteiger partial charge in [0.05, 0.1) is 29.1 Å². The molecule has 2 atom stereocenters. The van der Waals surface area contributed by atoms with Crippen molar-refractivity contribution < 1.29 is 9.47 Å². The van der Waals surface area contributed by atoms with Gasteiger partial charge in [-0.2, -0.15) is 5.10 Å². The lowest BCUT2D eigenvalue weighted by molar-refractivity contribution is 0.0678. The van der Waals surface area contributed by atoms with E-state index in [9.17, 15) is 0 Å². The van der Waals surface area contributed by atoms with Crippen LogP contribution in [0.3, 0.4) is 0 Å².